The molecule has 2 unspecified atom stereocenters. The fourth-order valence-corrected chi connectivity index (χ4v) is 8.34. The maximum atomic E-state index is 16.9. The molecule has 0 radical (unpaired) electrons. The number of aryl methyl sites for hydroxylation is 1. The third-order valence-corrected chi connectivity index (χ3v) is 10.4. The van der Waals surface area contributed by atoms with Gasteiger partial charge in [0, 0.05) is 24.7 Å². The van der Waals surface area contributed by atoms with E-state index in [0.29, 0.717) is 35.8 Å². The molecule has 0 saturated carbocycles. The van der Waals surface area contributed by atoms with Crippen LogP contribution in [0.25, 0.3) is 32.9 Å². The molecule has 1 N–H and O–H groups in total. The Morgan fingerprint density at radius 1 is 1.13 bits per heavy atom. The van der Waals surface area contributed by atoms with Gasteiger partial charge < -0.3 is 19.7 Å². The molecule has 3 fully saturated rings. The fourth-order valence-electron chi connectivity index (χ4n) is 8.34. The Bertz CT molecular complexity index is 1880. The van der Waals surface area contributed by atoms with Crippen LogP contribution in [0.4, 0.5) is 23.8 Å². The summed E-state index contributed by atoms with van der Waals surface area (Å²) in [5, 5.41) is 4.40. The zero-order valence-electron chi connectivity index (χ0n) is 26.3. The highest BCUT2D eigenvalue weighted by Gasteiger charge is 2.45. The summed E-state index contributed by atoms with van der Waals surface area (Å²) in [5.74, 6) is -1.01. The van der Waals surface area contributed by atoms with Crippen molar-refractivity contribution in [2.45, 2.75) is 69.1 Å². The van der Waals surface area contributed by atoms with Gasteiger partial charge in [-0.2, -0.15) is 9.97 Å². The van der Waals surface area contributed by atoms with Gasteiger partial charge in [0.25, 0.3) is 0 Å². The molecule has 2 aromatic heterocycles. The first-order valence-corrected chi connectivity index (χ1v) is 16.5. The summed E-state index contributed by atoms with van der Waals surface area (Å²) in [5.41, 5.74) is -0.0738. The number of nitrogens with zero attached hydrogens (tertiary/aromatic N) is 5. The third-order valence-electron chi connectivity index (χ3n) is 10.4. The number of fused-ring (bicyclic) bond motifs is 7. The van der Waals surface area contributed by atoms with E-state index in [9.17, 15) is 4.79 Å². The van der Waals surface area contributed by atoms with E-state index in [1.54, 1.807) is 17.9 Å². The summed E-state index contributed by atoms with van der Waals surface area (Å²) in [7, 11) is 0. The first kappa shape index (κ1) is 30.2. The largest absolute Gasteiger partial charge is 0.461 e. The van der Waals surface area contributed by atoms with Crippen molar-refractivity contribution in [1.29, 1.82) is 0 Å². The number of hydrogen-bond donors (Lipinski definition) is 1. The maximum Gasteiger partial charge on any atom is 0.407 e. The number of nitrogens with one attached hydrogen (secondary N) is 1. The number of alkyl carbamates (subject to hydrolysis) is 1. The highest BCUT2D eigenvalue weighted by Crippen LogP contribution is 2.41. The van der Waals surface area contributed by atoms with Gasteiger partial charge in [0.2, 0.25) is 0 Å². The average molecular weight is 647 g/mol. The van der Waals surface area contributed by atoms with Crippen LogP contribution in [0.3, 0.4) is 0 Å². The van der Waals surface area contributed by atoms with E-state index in [1.807, 2.05) is 12.1 Å². The number of carbonyl (C=O) groups excluding carboxylic acids is 1. The molecule has 5 aliphatic heterocycles. The van der Waals surface area contributed by atoms with E-state index < -0.39 is 29.4 Å². The van der Waals surface area contributed by atoms with Crippen LogP contribution in [-0.4, -0.2) is 82.6 Å². The van der Waals surface area contributed by atoms with Crippen LogP contribution in [0, 0.1) is 11.6 Å². The van der Waals surface area contributed by atoms with E-state index in [0.717, 1.165) is 44.3 Å². The second-order valence-corrected chi connectivity index (χ2v) is 13.8. The second kappa shape index (κ2) is 11.5. The topological polar surface area (TPSA) is 92.7 Å². The Morgan fingerprint density at radius 2 is 1.96 bits per heavy atom. The minimum absolute atomic E-state index is 0.0190. The normalized spacial score (nSPS) is 24.4. The lowest BCUT2D eigenvalue weighted by atomic mass is 9.90. The minimum atomic E-state index is -1.32. The second-order valence-electron chi connectivity index (χ2n) is 13.8. The summed E-state index contributed by atoms with van der Waals surface area (Å²) >= 11 is 0. The Labute approximate surface area is 270 Å². The van der Waals surface area contributed by atoms with Crippen molar-refractivity contribution in [3.8, 4) is 17.3 Å². The number of ether oxygens (including phenoxy) is 2. The number of rotatable bonds is 3. The predicted molar refractivity (Wildman–Crippen MR) is 171 cm³/mol. The number of anilines is 1. The van der Waals surface area contributed by atoms with Gasteiger partial charge in [0.05, 0.1) is 29.6 Å². The van der Waals surface area contributed by atoms with Crippen LogP contribution in [0.1, 0.15) is 51.0 Å². The highest BCUT2D eigenvalue weighted by atomic mass is 19.1. The molecule has 4 aromatic rings. The van der Waals surface area contributed by atoms with E-state index in [-0.39, 0.29) is 60.1 Å². The lowest BCUT2D eigenvalue weighted by Crippen LogP contribution is -2.60. The monoisotopic (exact) mass is 646 g/mol. The van der Waals surface area contributed by atoms with E-state index in [2.05, 4.69) is 20.2 Å². The van der Waals surface area contributed by atoms with Crippen LogP contribution in [0.15, 0.2) is 36.5 Å². The van der Waals surface area contributed by atoms with E-state index in [1.165, 1.54) is 18.3 Å². The van der Waals surface area contributed by atoms with Crippen LogP contribution in [0.5, 0.6) is 6.01 Å². The van der Waals surface area contributed by atoms with Crippen LogP contribution in [-0.2, 0) is 11.2 Å². The number of alkyl halides is 1. The van der Waals surface area contributed by atoms with Crippen molar-refractivity contribution in [2.75, 3.05) is 44.3 Å². The predicted octanol–water partition coefficient (Wildman–Crippen LogP) is 6.11. The summed E-state index contributed by atoms with van der Waals surface area (Å²) in [6.07, 6.45) is 4.71. The van der Waals surface area contributed by atoms with Gasteiger partial charge in [-0.25, -0.2) is 18.0 Å². The molecule has 2 aromatic carbocycles. The Morgan fingerprint density at radius 3 is 2.79 bits per heavy atom. The summed E-state index contributed by atoms with van der Waals surface area (Å²) < 4.78 is 59.3. The molecule has 3 saturated heterocycles. The molecule has 246 valence electrons. The molecule has 0 spiro atoms. The van der Waals surface area contributed by atoms with E-state index in [4.69, 9.17) is 14.5 Å². The number of piperidine rings is 1. The highest BCUT2D eigenvalue weighted by molar-refractivity contribution is 6.01. The molecule has 1 amide bonds. The molecule has 47 heavy (non-hydrogen) atoms. The SMILES string of the molecule is CC12CC(F)CN(C1)c1nc(OCC34CCCN3CCC4)nc3c(F)c(ncc13)-c1cc(F)cc3cccc(c13)CCCOC(=O)N2. The van der Waals surface area contributed by atoms with Crippen molar-refractivity contribution in [1.82, 2.24) is 25.2 Å². The Kier molecular flexibility index (Phi) is 7.38. The molecular formula is C35H37F3N6O3. The number of pyridine rings is 1. The molecule has 9 rings (SSSR count). The van der Waals surface area contributed by atoms with Crippen molar-refractivity contribution < 1.29 is 27.4 Å². The number of amides is 1. The van der Waals surface area contributed by atoms with Crippen molar-refractivity contribution >= 4 is 33.6 Å². The quantitative estimate of drug-likeness (QED) is 0.285. The Balaban J connectivity index is 1.32. The molecule has 0 aliphatic carbocycles. The van der Waals surface area contributed by atoms with Gasteiger partial charge in [0.15, 0.2) is 5.82 Å². The first-order chi connectivity index (χ1) is 22.7. The number of aromatic nitrogens is 3. The van der Waals surface area contributed by atoms with Crippen molar-refractivity contribution in [3.05, 3.63) is 53.7 Å². The summed E-state index contributed by atoms with van der Waals surface area (Å²) in [4.78, 5) is 30.9. The number of carbonyl (C=O) groups is 1. The number of halogens is 3. The first-order valence-electron chi connectivity index (χ1n) is 16.5. The molecule has 5 aliphatic rings. The van der Waals surface area contributed by atoms with Crippen molar-refractivity contribution in [3.63, 3.8) is 0 Å². The van der Waals surface area contributed by atoms with Crippen molar-refractivity contribution in [2.24, 2.45) is 0 Å². The van der Waals surface area contributed by atoms with Crippen LogP contribution >= 0.6 is 0 Å². The zero-order valence-corrected chi connectivity index (χ0v) is 26.3. The van der Waals surface area contributed by atoms with Gasteiger partial charge in [-0.05, 0) is 87.0 Å². The van der Waals surface area contributed by atoms with Gasteiger partial charge >= 0.3 is 12.1 Å². The zero-order chi connectivity index (χ0) is 32.3. The number of benzene rings is 2. The maximum absolute atomic E-state index is 16.9. The standard InChI is InChI=1S/C35H37F3N6O3/c1-34-16-24(37)18-43(19-34)31-26-17-39-29(28(38)30(26)40-32(41-31)47-20-35-9-4-11-44(35)12-5-10-35)25-15-23(36)14-22-7-2-6-21(27(22)25)8-3-13-46-33(45)42-34/h2,6-7,14-15,17,24H,3-5,8-13,16,18-20H2,1H3,(H,42,45). The van der Waals surface area contributed by atoms with Crippen LogP contribution in [0.2, 0.25) is 0 Å². The molecule has 9 nitrogen and oxygen atoms in total. The third kappa shape index (κ3) is 5.40. The molecular weight excluding hydrogens is 609 g/mol. The lowest BCUT2D eigenvalue weighted by molar-refractivity contribution is 0.107. The smallest absolute Gasteiger partial charge is 0.407 e. The molecule has 7 heterocycles. The van der Waals surface area contributed by atoms with Gasteiger partial charge in [0.1, 0.15) is 35.6 Å². The van der Waals surface area contributed by atoms with E-state index >= 15 is 13.2 Å². The van der Waals surface area contributed by atoms with Gasteiger partial charge in [-0.3, -0.25) is 9.88 Å². The number of hydrogen-bond acceptors (Lipinski definition) is 8. The van der Waals surface area contributed by atoms with Gasteiger partial charge in [-0.15, -0.1) is 0 Å². The van der Waals surface area contributed by atoms with Gasteiger partial charge in [-0.1, -0.05) is 18.2 Å². The lowest BCUT2D eigenvalue weighted by Gasteiger charge is -2.42. The summed E-state index contributed by atoms with van der Waals surface area (Å²) in [6, 6.07) is 8.18. The molecule has 2 atom stereocenters. The minimum Gasteiger partial charge on any atom is -0.461 e. The Hall–Kier alpha value is -4.19. The summed E-state index contributed by atoms with van der Waals surface area (Å²) in [6.45, 7) is 4.41. The fraction of sp³-hybridized carbons (Fsp3) is 0.486. The average Bonchev–Trinajstić information content (AvgIpc) is 3.61. The molecule has 12 heteroatoms. The molecule has 6 bridgehead atoms. The van der Waals surface area contributed by atoms with Crippen LogP contribution < -0.4 is 15.0 Å².